The number of ether oxygens (including phenoxy) is 1. The second-order valence-corrected chi connectivity index (χ2v) is 4.74. The Morgan fingerprint density at radius 3 is 2.70 bits per heavy atom. The number of benzene rings is 1. The average Bonchev–Trinajstić information content (AvgIpc) is 2.42. The minimum absolute atomic E-state index is 0. The topological polar surface area (TPSA) is 46.6 Å². The van der Waals surface area contributed by atoms with Gasteiger partial charge in [-0.15, -0.1) is 0 Å². The third kappa shape index (κ3) is 4.32. The molecule has 0 N–H and O–H groups in total. The highest BCUT2D eigenvalue weighted by Gasteiger charge is 2.33. The smallest absolute Gasteiger partial charge is 0.317 e. The van der Waals surface area contributed by atoms with Gasteiger partial charge in [0.15, 0.2) is 0 Å². The van der Waals surface area contributed by atoms with Gasteiger partial charge in [0.25, 0.3) is 0 Å². The van der Waals surface area contributed by atoms with Crippen molar-refractivity contribution in [3.8, 4) is 0 Å². The predicted molar refractivity (Wildman–Crippen MR) is 71.5 cm³/mol. The number of Topliss-reactive ketones (excluding diaryl/α,β-unsaturated/α-hetero) is 1. The maximum absolute atomic E-state index is 11.8. The van der Waals surface area contributed by atoms with Gasteiger partial charge in [-0.1, -0.05) is 30.3 Å². The van der Waals surface area contributed by atoms with Crippen LogP contribution in [-0.2, 0) is 20.9 Å². The van der Waals surface area contributed by atoms with Crippen molar-refractivity contribution in [1.82, 2.24) is 4.90 Å². The molecule has 2 rings (SSSR count). The fourth-order valence-electron chi connectivity index (χ4n) is 2.33. The van der Waals surface area contributed by atoms with Gasteiger partial charge in [-0.2, -0.15) is 0 Å². The lowest BCUT2D eigenvalue weighted by Gasteiger charge is -2.30. The Labute approximate surface area is 125 Å². The van der Waals surface area contributed by atoms with Crippen LogP contribution in [0.4, 0.5) is 0 Å². The highest BCUT2D eigenvalue weighted by molar-refractivity contribution is 5.99. The van der Waals surface area contributed by atoms with Crippen molar-refractivity contribution in [2.75, 3.05) is 19.7 Å². The van der Waals surface area contributed by atoms with Crippen LogP contribution in [0.15, 0.2) is 30.3 Å². The van der Waals surface area contributed by atoms with Gasteiger partial charge in [0.1, 0.15) is 11.7 Å². The number of esters is 1. The largest absolute Gasteiger partial charge is 1.00 e. The fourth-order valence-corrected chi connectivity index (χ4v) is 2.33. The Hall–Kier alpha value is -1.39. The molecule has 1 heterocycles. The van der Waals surface area contributed by atoms with E-state index in [9.17, 15) is 9.59 Å². The van der Waals surface area contributed by atoms with Crippen molar-refractivity contribution in [1.29, 1.82) is 0 Å². The normalized spacial score (nSPS) is 19.2. The molecule has 4 nitrogen and oxygen atoms in total. The molecule has 1 aromatic carbocycles. The van der Waals surface area contributed by atoms with E-state index in [0.717, 1.165) is 6.54 Å². The molecule has 0 bridgehead atoms. The number of likely N-dealkylation sites (tertiary alicyclic amines) is 1. The quantitative estimate of drug-likeness (QED) is 0.509. The molecule has 0 aliphatic carbocycles. The zero-order valence-corrected chi connectivity index (χ0v) is 12.3. The summed E-state index contributed by atoms with van der Waals surface area (Å²) in [5, 5.41) is 0. The summed E-state index contributed by atoms with van der Waals surface area (Å²) in [6, 6.07) is 10.1. The number of piperidine rings is 1. The minimum atomic E-state index is -0.614. The molecule has 1 fully saturated rings. The van der Waals surface area contributed by atoms with E-state index in [1.165, 1.54) is 5.56 Å². The second kappa shape index (κ2) is 8.02. The molecule has 1 saturated heterocycles. The van der Waals surface area contributed by atoms with Crippen LogP contribution >= 0.6 is 0 Å². The molecule has 1 aromatic rings. The zero-order valence-electron chi connectivity index (χ0n) is 11.5. The Morgan fingerprint density at radius 1 is 1.35 bits per heavy atom. The molecule has 110 valence electrons. The number of rotatable bonds is 4. The number of nitrogens with zero attached hydrogens (tertiary/aromatic N) is 1. The van der Waals surface area contributed by atoms with Gasteiger partial charge < -0.3 is 17.1 Å². The molecule has 1 unspecified atom stereocenters. The summed E-state index contributed by atoms with van der Waals surface area (Å²) in [6.45, 7) is 4.02. The van der Waals surface area contributed by atoms with Crippen molar-refractivity contribution in [2.45, 2.75) is 19.9 Å². The lowest BCUT2D eigenvalue weighted by molar-refractivity contribution is -0.154. The Balaban J connectivity index is 0.00000200. The summed E-state index contributed by atoms with van der Waals surface area (Å²) < 4.78 is 4.96. The van der Waals surface area contributed by atoms with E-state index in [0.29, 0.717) is 26.1 Å². The van der Waals surface area contributed by atoms with E-state index >= 15 is 0 Å². The highest BCUT2D eigenvalue weighted by atomic mass is 35.5. The van der Waals surface area contributed by atoms with Crippen molar-refractivity contribution in [3.63, 3.8) is 0 Å². The van der Waals surface area contributed by atoms with Crippen LogP contribution in [0, 0.1) is 5.92 Å². The van der Waals surface area contributed by atoms with Crippen LogP contribution in [0.2, 0.25) is 0 Å². The van der Waals surface area contributed by atoms with E-state index in [1.54, 1.807) is 6.92 Å². The van der Waals surface area contributed by atoms with Crippen LogP contribution in [0.25, 0.3) is 0 Å². The second-order valence-electron chi connectivity index (χ2n) is 4.74. The third-order valence-electron chi connectivity index (χ3n) is 3.32. The van der Waals surface area contributed by atoms with Crippen LogP contribution < -0.4 is 12.4 Å². The molecular weight excluding hydrogens is 278 g/mol. The molecular formula is C15H19ClNO3-. The van der Waals surface area contributed by atoms with E-state index in [-0.39, 0.29) is 24.2 Å². The van der Waals surface area contributed by atoms with Gasteiger partial charge in [0.2, 0.25) is 0 Å². The van der Waals surface area contributed by atoms with Crippen LogP contribution in [-0.4, -0.2) is 36.3 Å². The summed E-state index contributed by atoms with van der Waals surface area (Å²) in [5.74, 6) is -0.995. The fraction of sp³-hybridized carbons (Fsp3) is 0.467. The molecule has 5 heteroatoms. The highest BCUT2D eigenvalue weighted by Crippen LogP contribution is 2.17. The van der Waals surface area contributed by atoms with Crippen LogP contribution in [0.3, 0.4) is 0 Å². The third-order valence-corrected chi connectivity index (χ3v) is 3.32. The number of carbonyl (C=O) groups is 2. The molecule has 0 amide bonds. The molecule has 1 atom stereocenters. The van der Waals surface area contributed by atoms with Crippen LogP contribution in [0.1, 0.15) is 18.9 Å². The van der Waals surface area contributed by atoms with Gasteiger partial charge >= 0.3 is 5.97 Å². The summed E-state index contributed by atoms with van der Waals surface area (Å²) in [4.78, 5) is 25.7. The minimum Gasteiger partial charge on any atom is -1.00 e. The standard InChI is InChI=1S/C15H19NO3.ClH/c1-2-19-15(18)13-11-16(9-8-14(13)17)10-12-6-4-3-5-7-12;/h3-7,13H,2,8-11H2,1H3;1H/p-1. The first-order valence-corrected chi connectivity index (χ1v) is 6.66. The van der Waals surface area contributed by atoms with Gasteiger partial charge in [-0.05, 0) is 12.5 Å². The van der Waals surface area contributed by atoms with E-state index in [4.69, 9.17) is 4.74 Å². The Kier molecular flexibility index (Phi) is 6.68. The number of carbonyl (C=O) groups excluding carboxylic acids is 2. The van der Waals surface area contributed by atoms with E-state index in [1.807, 2.05) is 18.2 Å². The number of ketones is 1. The summed E-state index contributed by atoms with van der Waals surface area (Å²) in [5.41, 5.74) is 1.19. The zero-order chi connectivity index (χ0) is 13.7. The first-order valence-electron chi connectivity index (χ1n) is 6.66. The molecule has 0 aromatic heterocycles. The number of hydrogen-bond donors (Lipinski definition) is 0. The van der Waals surface area contributed by atoms with Gasteiger partial charge in [0.05, 0.1) is 6.61 Å². The first kappa shape index (κ1) is 16.7. The molecule has 0 saturated carbocycles. The number of halogens is 1. The number of hydrogen-bond acceptors (Lipinski definition) is 4. The van der Waals surface area contributed by atoms with Gasteiger partial charge in [0, 0.05) is 26.1 Å². The summed E-state index contributed by atoms with van der Waals surface area (Å²) in [7, 11) is 0. The van der Waals surface area contributed by atoms with E-state index < -0.39 is 5.92 Å². The monoisotopic (exact) mass is 296 g/mol. The van der Waals surface area contributed by atoms with Crippen LogP contribution in [0.5, 0.6) is 0 Å². The molecule has 1 aliphatic heterocycles. The van der Waals surface area contributed by atoms with E-state index in [2.05, 4.69) is 17.0 Å². The SMILES string of the molecule is CCOC(=O)C1CN(Cc2ccccc2)CCC1=O.[Cl-]. The van der Waals surface area contributed by atoms with Crippen molar-refractivity contribution in [2.24, 2.45) is 5.92 Å². The predicted octanol–water partition coefficient (Wildman–Crippen LogP) is -1.36. The summed E-state index contributed by atoms with van der Waals surface area (Å²) in [6.07, 6.45) is 0.427. The maximum Gasteiger partial charge on any atom is 0.317 e. The van der Waals surface area contributed by atoms with Gasteiger partial charge in [-0.25, -0.2) is 0 Å². The van der Waals surface area contributed by atoms with Crippen molar-refractivity contribution < 1.29 is 26.7 Å². The lowest BCUT2D eigenvalue weighted by atomic mass is 9.96. The lowest BCUT2D eigenvalue weighted by Crippen LogP contribution is -3.00. The first-order chi connectivity index (χ1) is 9.20. The van der Waals surface area contributed by atoms with Crippen molar-refractivity contribution in [3.05, 3.63) is 35.9 Å². The molecule has 20 heavy (non-hydrogen) atoms. The Morgan fingerprint density at radius 2 is 2.05 bits per heavy atom. The molecule has 1 aliphatic rings. The summed E-state index contributed by atoms with van der Waals surface area (Å²) >= 11 is 0. The van der Waals surface area contributed by atoms with Gasteiger partial charge in [-0.3, -0.25) is 14.5 Å². The Bertz CT molecular complexity index is 450. The average molecular weight is 297 g/mol. The van der Waals surface area contributed by atoms with Crippen molar-refractivity contribution >= 4 is 11.8 Å². The molecule has 0 radical (unpaired) electrons. The maximum atomic E-state index is 11.8. The molecule has 0 spiro atoms.